The van der Waals surface area contributed by atoms with Gasteiger partial charge in [-0.3, -0.25) is 14.3 Å². The molecule has 78 valence electrons. The van der Waals surface area contributed by atoms with E-state index in [2.05, 4.69) is 10.6 Å². The highest BCUT2D eigenvalue weighted by Crippen LogP contribution is 2.06. The third-order valence-corrected chi connectivity index (χ3v) is 1.79. The van der Waals surface area contributed by atoms with Gasteiger partial charge in [0, 0.05) is 13.2 Å². The minimum Gasteiger partial charge on any atom is -0.275 e. The first-order chi connectivity index (χ1) is 6.69. The number of carbonyl (C=O) groups excluding carboxylic acids is 1. The number of aryl methyl sites for hydroxylation is 2. The average Bonchev–Trinajstić information content (AvgIpc) is 2.56. The lowest BCUT2D eigenvalue weighted by molar-refractivity contribution is 0.0363. The van der Waals surface area contributed by atoms with E-state index in [1.807, 2.05) is 13.8 Å². The normalized spacial score (nSPS) is 10.2. The van der Waals surface area contributed by atoms with Crippen LogP contribution in [0.2, 0.25) is 0 Å². The van der Waals surface area contributed by atoms with Gasteiger partial charge in [0.1, 0.15) is 0 Å². The Balaban J connectivity index is 2.77. The molecule has 0 aromatic carbocycles. The van der Waals surface area contributed by atoms with E-state index in [4.69, 9.17) is 4.84 Å². The zero-order valence-electron chi connectivity index (χ0n) is 8.70. The molecule has 0 saturated carbocycles. The largest absolute Gasteiger partial charge is 0.278 e. The lowest BCUT2D eigenvalue weighted by atomic mass is 10.2. The summed E-state index contributed by atoms with van der Waals surface area (Å²) in [4.78, 5) is 16.3. The highest BCUT2D eigenvalue weighted by atomic mass is 16.6. The molecule has 5 heteroatoms. The van der Waals surface area contributed by atoms with E-state index in [-0.39, 0.29) is 5.91 Å². The predicted octanol–water partition coefficient (Wildman–Crippen LogP) is 0.664. The summed E-state index contributed by atoms with van der Waals surface area (Å²) < 4.78 is 1.62. The average molecular weight is 197 g/mol. The molecule has 5 nitrogen and oxygen atoms in total. The topological polar surface area (TPSA) is 56.1 Å². The van der Waals surface area contributed by atoms with E-state index in [1.165, 1.54) is 0 Å². The quantitative estimate of drug-likeness (QED) is 0.721. The maximum absolute atomic E-state index is 11.5. The number of hydrogen-bond donors (Lipinski definition) is 1. The number of hydrogen-bond acceptors (Lipinski definition) is 3. The molecule has 0 saturated heterocycles. The number of aromatic nitrogens is 2. The summed E-state index contributed by atoms with van der Waals surface area (Å²) in [5, 5.41) is 4.16. The van der Waals surface area contributed by atoms with Crippen LogP contribution >= 0.6 is 0 Å². The van der Waals surface area contributed by atoms with Crippen LogP contribution in [0.25, 0.3) is 0 Å². The molecule has 1 N–H and O–H groups in total. The monoisotopic (exact) mass is 197 g/mol. The summed E-state index contributed by atoms with van der Waals surface area (Å²) in [7, 11) is 1.79. The standard InChI is InChI=1S/C9H15N3O2/c1-4-8-7(6-12(3)10-8)9(13)11-14-5-2/h6H,4-5H2,1-3H3,(H,11,13). The predicted molar refractivity (Wildman–Crippen MR) is 51.7 cm³/mol. The fourth-order valence-electron chi connectivity index (χ4n) is 1.18. The van der Waals surface area contributed by atoms with Crippen molar-refractivity contribution in [1.82, 2.24) is 15.3 Å². The highest BCUT2D eigenvalue weighted by molar-refractivity contribution is 5.94. The van der Waals surface area contributed by atoms with Gasteiger partial charge in [-0.05, 0) is 13.3 Å². The summed E-state index contributed by atoms with van der Waals surface area (Å²) in [5.74, 6) is -0.239. The molecule has 0 fully saturated rings. The number of carbonyl (C=O) groups is 1. The van der Waals surface area contributed by atoms with E-state index in [0.717, 1.165) is 12.1 Å². The second-order valence-corrected chi connectivity index (χ2v) is 2.88. The van der Waals surface area contributed by atoms with Crippen molar-refractivity contribution in [2.75, 3.05) is 6.61 Å². The third kappa shape index (κ3) is 2.32. The van der Waals surface area contributed by atoms with E-state index < -0.39 is 0 Å². The number of nitrogens with one attached hydrogen (secondary N) is 1. The molecule has 0 bridgehead atoms. The van der Waals surface area contributed by atoms with Gasteiger partial charge in [0.15, 0.2) is 0 Å². The molecule has 1 aromatic heterocycles. The van der Waals surface area contributed by atoms with Gasteiger partial charge in [-0.1, -0.05) is 6.92 Å². The van der Waals surface area contributed by atoms with E-state index in [1.54, 1.807) is 17.9 Å². The van der Waals surface area contributed by atoms with Crippen LogP contribution in [0.1, 0.15) is 29.9 Å². The molecule has 0 atom stereocenters. The molecule has 1 rings (SSSR count). The molecule has 0 radical (unpaired) electrons. The van der Waals surface area contributed by atoms with Crippen molar-refractivity contribution in [1.29, 1.82) is 0 Å². The number of rotatable bonds is 4. The molecule has 1 heterocycles. The fourth-order valence-corrected chi connectivity index (χ4v) is 1.18. The Kier molecular flexibility index (Phi) is 3.64. The first kappa shape index (κ1) is 10.7. The second kappa shape index (κ2) is 4.76. The molecule has 0 spiro atoms. The fraction of sp³-hybridized carbons (Fsp3) is 0.556. The van der Waals surface area contributed by atoms with Gasteiger partial charge in [-0.25, -0.2) is 5.48 Å². The van der Waals surface area contributed by atoms with Crippen molar-refractivity contribution < 1.29 is 9.63 Å². The summed E-state index contributed by atoms with van der Waals surface area (Å²) in [6.45, 7) is 4.22. The van der Waals surface area contributed by atoms with Crippen LogP contribution in [0.5, 0.6) is 0 Å². The Bertz CT molecular complexity index is 320. The Labute approximate surface area is 83.0 Å². The van der Waals surface area contributed by atoms with Crippen LogP contribution in [-0.4, -0.2) is 22.3 Å². The zero-order valence-corrected chi connectivity index (χ0v) is 8.70. The molecule has 1 amide bonds. The SMILES string of the molecule is CCONC(=O)c1cn(C)nc1CC. The van der Waals surface area contributed by atoms with Crippen molar-refractivity contribution in [3.63, 3.8) is 0 Å². The van der Waals surface area contributed by atoms with Crippen LogP contribution in [0.4, 0.5) is 0 Å². The van der Waals surface area contributed by atoms with Crippen molar-refractivity contribution in [2.24, 2.45) is 7.05 Å². The maximum Gasteiger partial charge on any atom is 0.278 e. The minimum absolute atomic E-state index is 0.239. The van der Waals surface area contributed by atoms with Crippen molar-refractivity contribution in [2.45, 2.75) is 20.3 Å². The van der Waals surface area contributed by atoms with Gasteiger partial charge in [-0.15, -0.1) is 0 Å². The van der Waals surface area contributed by atoms with Gasteiger partial charge < -0.3 is 0 Å². The molecular formula is C9H15N3O2. The summed E-state index contributed by atoms with van der Waals surface area (Å²) >= 11 is 0. The smallest absolute Gasteiger partial charge is 0.275 e. The van der Waals surface area contributed by atoms with Gasteiger partial charge >= 0.3 is 0 Å². The number of amides is 1. The number of nitrogens with zero attached hydrogens (tertiary/aromatic N) is 2. The molecule has 14 heavy (non-hydrogen) atoms. The highest BCUT2D eigenvalue weighted by Gasteiger charge is 2.13. The van der Waals surface area contributed by atoms with Gasteiger partial charge in [0.2, 0.25) is 0 Å². The Hall–Kier alpha value is -1.36. The number of hydroxylamine groups is 1. The molecule has 1 aromatic rings. The zero-order chi connectivity index (χ0) is 10.6. The first-order valence-corrected chi connectivity index (χ1v) is 4.63. The third-order valence-electron chi connectivity index (χ3n) is 1.79. The Morgan fingerprint density at radius 3 is 2.93 bits per heavy atom. The van der Waals surface area contributed by atoms with Crippen LogP contribution < -0.4 is 5.48 Å². The van der Waals surface area contributed by atoms with Gasteiger partial charge in [-0.2, -0.15) is 5.10 Å². The lowest BCUT2D eigenvalue weighted by Crippen LogP contribution is -2.24. The summed E-state index contributed by atoms with van der Waals surface area (Å²) in [6, 6.07) is 0. The van der Waals surface area contributed by atoms with Crippen LogP contribution in [0.15, 0.2) is 6.20 Å². The van der Waals surface area contributed by atoms with Crippen molar-refractivity contribution >= 4 is 5.91 Å². The van der Waals surface area contributed by atoms with Gasteiger partial charge in [0.25, 0.3) is 5.91 Å². The summed E-state index contributed by atoms with van der Waals surface area (Å²) in [6.07, 6.45) is 2.42. The Morgan fingerprint density at radius 1 is 1.64 bits per heavy atom. The molecule has 0 aliphatic carbocycles. The van der Waals surface area contributed by atoms with E-state index in [9.17, 15) is 4.79 Å². The van der Waals surface area contributed by atoms with Crippen LogP contribution in [0.3, 0.4) is 0 Å². The lowest BCUT2D eigenvalue weighted by Gasteiger charge is -2.01. The molecular weight excluding hydrogens is 182 g/mol. The van der Waals surface area contributed by atoms with Crippen LogP contribution in [-0.2, 0) is 18.3 Å². The van der Waals surface area contributed by atoms with E-state index >= 15 is 0 Å². The molecule has 0 aliphatic rings. The minimum atomic E-state index is -0.239. The molecule has 0 unspecified atom stereocenters. The van der Waals surface area contributed by atoms with Gasteiger partial charge in [0.05, 0.1) is 17.9 Å². The van der Waals surface area contributed by atoms with E-state index in [0.29, 0.717) is 12.2 Å². The first-order valence-electron chi connectivity index (χ1n) is 4.63. The van der Waals surface area contributed by atoms with Crippen molar-refractivity contribution in [3.05, 3.63) is 17.5 Å². The van der Waals surface area contributed by atoms with Crippen molar-refractivity contribution in [3.8, 4) is 0 Å². The molecule has 0 aliphatic heterocycles. The van der Waals surface area contributed by atoms with Crippen LogP contribution in [0, 0.1) is 0 Å². The Morgan fingerprint density at radius 2 is 2.36 bits per heavy atom. The second-order valence-electron chi connectivity index (χ2n) is 2.88. The summed E-state index contributed by atoms with van der Waals surface area (Å²) in [5.41, 5.74) is 3.70. The maximum atomic E-state index is 11.5.